The van der Waals surface area contributed by atoms with E-state index >= 15 is 0 Å². The predicted octanol–water partition coefficient (Wildman–Crippen LogP) is 1.68. The zero-order valence-electron chi connectivity index (χ0n) is 9.29. The number of nitrogens with zero attached hydrogens (tertiary/aromatic N) is 1. The summed E-state index contributed by atoms with van der Waals surface area (Å²) in [5.41, 5.74) is 1.60. The molecule has 1 N–H and O–H groups in total. The third-order valence-corrected chi connectivity index (χ3v) is 2.17. The van der Waals surface area contributed by atoms with Crippen LogP contribution in [0.3, 0.4) is 0 Å². The lowest BCUT2D eigenvalue weighted by Crippen LogP contribution is -2.14. The molecule has 0 radical (unpaired) electrons. The fourth-order valence-corrected chi connectivity index (χ4v) is 1.37. The quantitative estimate of drug-likeness (QED) is 0.599. The first-order valence-electron chi connectivity index (χ1n) is 5.03. The van der Waals surface area contributed by atoms with Crippen LogP contribution in [0.2, 0.25) is 0 Å². The molecular formula is C13H14N2O. The Morgan fingerprint density at radius 1 is 1.50 bits per heavy atom. The number of hydrogen-bond donors (Lipinski definition) is 1. The molecule has 0 aromatic heterocycles. The number of ether oxygens (including phenoxy) is 1. The minimum atomic E-state index is 0.634. The van der Waals surface area contributed by atoms with E-state index in [1.807, 2.05) is 6.07 Å². The second kappa shape index (κ2) is 6.50. The molecule has 0 unspecified atom stereocenters. The van der Waals surface area contributed by atoms with E-state index in [1.54, 1.807) is 19.2 Å². The second-order valence-corrected chi connectivity index (χ2v) is 3.27. The van der Waals surface area contributed by atoms with Crippen LogP contribution in [-0.4, -0.2) is 13.7 Å². The van der Waals surface area contributed by atoms with Gasteiger partial charge in [0, 0.05) is 25.1 Å². The van der Waals surface area contributed by atoms with E-state index in [1.165, 1.54) is 0 Å². The van der Waals surface area contributed by atoms with Crippen molar-refractivity contribution in [2.45, 2.75) is 13.0 Å². The number of terminal acetylenes is 1. The van der Waals surface area contributed by atoms with Gasteiger partial charge in [-0.2, -0.15) is 5.26 Å². The van der Waals surface area contributed by atoms with Crippen LogP contribution >= 0.6 is 0 Å². The molecule has 0 saturated carbocycles. The third-order valence-electron chi connectivity index (χ3n) is 2.17. The average Bonchev–Trinajstić information content (AvgIpc) is 2.34. The van der Waals surface area contributed by atoms with Crippen LogP contribution in [0.25, 0.3) is 0 Å². The molecule has 1 aromatic carbocycles. The lowest BCUT2D eigenvalue weighted by molar-refractivity contribution is 0.408. The molecule has 0 aliphatic rings. The fourth-order valence-electron chi connectivity index (χ4n) is 1.37. The summed E-state index contributed by atoms with van der Waals surface area (Å²) in [6, 6.07) is 7.47. The van der Waals surface area contributed by atoms with Crippen molar-refractivity contribution < 1.29 is 4.74 Å². The zero-order valence-corrected chi connectivity index (χ0v) is 9.29. The number of hydrogen-bond acceptors (Lipinski definition) is 3. The van der Waals surface area contributed by atoms with Crippen molar-refractivity contribution in [1.82, 2.24) is 5.32 Å². The van der Waals surface area contributed by atoms with Crippen molar-refractivity contribution in [2.24, 2.45) is 0 Å². The Morgan fingerprint density at radius 3 is 2.94 bits per heavy atom. The monoisotopic (exact) mass is 214 g/mol. The lowest BCUT2D eigenvalue weighted by atomic mass is 10.1. The Bertz CT molecular complexity index is 427. The lowest BCUT2D eigenvalue weighted by Gasteiger charge is -2.09. The smallest absolute Gasteiger partial charge is 0.123 e. The Kier molecular flexibility index (Phi) is 4.92. The average molecular weight is 214 g/mol. The van der Waals surface area contributed by atoms with Crippen molar-refractivity contribution in [2.75, 3.05) is 13.7 Å². The molecule has 3 heteroatoms. The van der Waals surface area contributed by atoms with E-state index < -0.39 is 0 Å². The van der Waals surface area contributed by atoms with Crippen molar-refractivity contribution in [3.63, 3.8) is 0 Å². The molecule has 1 aromatic rings. The summed E-state index contributed by atoms with van der Waals surface area (Å²) in [6.07, 6.45) is 5.85. The molecule has 0 aliphatic carbocycles. The summed E-state index contributed by atoms with van der Waals surface area (Å²) in [5.74, 6) is 3.34. The Morgan fingerprint density at radius 2 is 2.31 bits per heavy atom. The van der Waals surface area contributed by atoms with Gasteiger partial charge < -0.3 is 10.1 Å². The maximum absolute atomic E-state index is 8.80. The van der Waals surface area contributed by atoms with Gasteiger partial charge in [0.2, 0.25) is 0 Å². The standard InChI is InChI=1S/C13H14N2O/c1-3-4-7-15-10-12-8-11(9-14)5-6-13(12)16-2/h1,5-6,8,15H,4,7,10H2,2H3. The number of nitrogens with one attached hydrogen (secondary N) is 1. The second-order valence-electron chi connectivity index (χ2n) is 3.27. The van der Waals surface area contributed by atoms with Gasteiger partial charge >= 0.3 is 0 Å². The normalized spacial score (nSPS) is 9.19. The molecular weight excluding hydrogens is 200 g/mol. The first kappa shape index (κ1) is 12.1. The molecule has 3 nitrogen and oxygen atoms in total. The fraction of sp³-hybridized carbons (Fsp3) is 0.308. The molecule has 82 valence electrons. The molecule has 0 amide bonds. The summed E-state index contributed by atoms with van der Waals surface area (Å²) in [6.45, 7) is 1.41. The van der Waals surface area contributed by atoms with Gasteiger partial charge in [0.15, 0.2) is 0 Å². The molecule has 0 aliphatic heterocycles. The summed E-state index contributed by atoms with van der Waals surface area (Å²) in [5, 5.41) is 12.0. The summed E-state index contributed by atoms with van der Waals surface area (Å²) >= 11 is 0. The largest absolute Gasteiger partial charge is 0.496 e. The van der Waals surface area contributed by atoms with Gasteiger partial charge in [-0.25, -0.2) is 0 Å². The van der Waals surface area contributed by atoms with Crippen LogP contribution in [0, 0.1) is 23.7 Å². The molecule has 0 heterocycles. The minimum Gasteiger partial charge on any atom is -0.496 e. The van der Waals surface area contributed by atoms with Crippen LogP contribution in [0.5, 0.6) is 5.75 Å². The molecule has 1 rings (SSSR count). The van der Waals surface area contributed by atoms with Crippen LogP contribution in [-0.2, 0) is 6.54 Å². The topological polar surface area (TPSA) is 45.0 Å². The van der Waals surface area contributed by atoms with Crippen molar-refractivity contribution in [1.29, 1.82) is 5.26 Å². The van der Waals surface area contributed by atoms with Crippen LogP contribution in [0.4, 0.5) is 0 Å². The van der Waals surface area contributed by atoms with Gasteiger partial charge in [0.05, 0.1) is 18.7 Å². The van der Waals surface area contributed by atoms with Crippen molar-refractivity contribution in [3.8, 4) is 24.2 Å². The van der Waals surface area contributed by atoms with E-state index in [0.717, 1.165) is 17.9 Å². The number of methoxy groups -OCH3 is 1. The van der Waals surface area contributed by atoms with E-state index in [2.05, 4.69) is 17.3 Å². The highest BCUT2D eigenvalue weighted by atomic mass is 16.5. The van der Waals surface area contributed by atoms with E-state index in [4.69, 9.17) is 16.4 Å². The van der Waals surface area contributed by atoms with Crippen LogP contribution in [0.15, 0.2) is 18.2 Å². The maximum atomic E-state index is 8.80. The first-order chi connectivity index (χ1) is 7.81. The molecule has 0 fully saturated rings. The third kappa shape index (κ3) is 3.31. The van der Waals surface area contributed by atoms with Crippen molar-refractivity contribution >= 4 is 0 Å². The van der Waals surface area contributed by atoms with Gasteiger partial charge in [0.25, 0.3) is 0 Å². The van der Waals surface area contributed by atoms with Crippen LogP contribution < -0.4 is 10.1 Å². The molecule has 0 spiro atoms. The van der Waals surface area contributed by atoms with E-state index in [0.29, 0.717) is 18.5 Å². The van der Waals surface area contributed by atoms with E-state index in [-0.39, 0.29) is 0 Å². The van der Waals surface area contributed by atoms with Gasteiger partial charge in [0.1, 0.15) is 5.75 Å². The number of rotatable bonds is 5. The van der Waals surface area contributed by atoms with Gasteiger partial charge in [-0.1, -0.05) is 0 Å². The molecule has 0 atom stereocenters. The maximum Gasteiger partial charge on any atom is 0.123 e. The van der Waals surface area contributed by atoms with Gasteiger partial charge in [-0.15, -0.1) is 12.3 Å². The minimum absolute atomic E-state index is 0.634. The highest BCUT2D eigenvalue weighted by Gasteiger charge is 2.03. The highest BCUT2D eigenvalue weighted by molar-refractivity contribution is 5.41. The number of benzene rings is 1. The van der Waals surface area contributed by atoms with Crippen molar-refractivity contribution in [3.05, 3.63) is 29.3 Å². The Hall–Kier alpha value is -1.97. The van der Waals surface area contributed by atoms with Gasteiger partial charge in [-0.05, 0) is 18.2 Å². The molecule has 0 bridgehead atoms. The van der Waals surface area contributed by atoms with E-state index in [9.17, 15) is 0 Å². The summed E-state index contributed by atoms with van der Waals surface area (Å²) in [4.78, 5) is 0. The Labute approximate surface area is 96.0 Å². The summed E-state index contributed by atoms with van der Waals surface area (Å²) in [7, 11) is 1.62. The number of nitriles is 1. The first-order valence-corrected chi connectivity index (χ1v) is 5.03. The Balaban J connectivity index is 2.69. The SMILES string of the molecule is C#CCCNCc1cc(C#N)ccc1OC. The van der Waals surface area contributed by atoms with Gasteiger partial charge in [-0.3, -0.25) is 0 Å². The molecule has 0 saturated heterocycles. The summed E-state index contributed by atoms with van der Waals surface area (Å²) < 4.78 is 5.21. The molecule has 16 heavy (non-hydrogen) atoms. The highest BCUT2D eigenvalue weighted by Crippen LogP contribution is 2.19. The zero-order chi connectivity index (χ0) is 11.8. The van der Waals surface area contributed by atoms with Crippen LogP contribution in [0.1, 0.15) is 17.5 Å². The predicted molar refractivity (Wildman–Crippen MR) is 62.9 cm³/mol.